The van der Waals surface area contributed by atoms with Crippen LogP contribution in [0.15, 0.2) is 53.9 Å². The van der Waals surface area contributed by atoms with Crippen molar-refractivity contribution < 1.29 is 0 Å². The molecule has 0 spiro atoms. The van der Waals surface area contributed by atoms with E-state index in [1.165, 1.54) is 11.3 Å². The molecule has 5 rings (SSSR count). The second-order valence-corrected chi connectivity index (χ2v) is 7.77. The van der Waals surface area contributed by atoms with Gasteiger partial charge in [0, 0.05) is 5.39 Å². The summed E-state index contributed by atoms with van der Waals surface area (Å²) in [5.41, 5.74) is 15.8. The number of nitrogens with two attached hydrogens (primary N) is 2. The van der Waals surface area contributed by atoms with Crippen LogP contribution in [-0.2, 0) is 0 Å². The molecule has 0 aliphatic carbocycles. The van der Waals surface area contributed by atoms with Crippen molar-refractivity contribution in [3.8, 4) is 21.7 Å². The van der Waals surface area contributed by atoms with Gasteiger partial charge in [0.1, 0.15) is 10.6 Å². The molecule has 4 N–H and O–H groups in total. The number of halogens is 1. The number of nitrogens with zero attached hydrogens (tertiary/aromatic N) is 3. The highest BCUT2D eigenvalue weighted by atomic mass is 79.9. The maximum absolute atomic E-state index is 6.10. The van der Waals surface area contributed by atoms with Crippen molar-refractivity contribution in [1.82, 2.24) is 15.0 Å². The summed E-state index contributed by atoms with van der Waals surface area (Å²) in [6.45, 7) is 0. The lowest BCUT2D eigenvalue weighted by atomic mass is 10.0. The van der Waals surface area contributed by atoms with Crippen LogP contribution in [-0.4, -0.2) is 15.0 Å². The predicted octanol–water partition coefficient (Wildman–Crippen LogP) is 5.38. The van der Waals surface area contributed by atoms with Crippen molar-refractivity contribution in [2.24, 2.45) is 0 Å². The van der Waals surface area contributed by atoms with Gasteiger partial charge >= 0.3 is 0 Å². The lowest BCUT2D eigenvalue weighted by Crippen LogP contribution is -1.99. The number of fused-ring (bicyclic) bond motifs is 3. The van der Waals surface area contributed by atoms with Gasteiger partial charge in [0.25, 0.3) is 0 Å². The molecule has 0 radical (unpaired) electrons. The first kappa shape index (κ1) is 17.8. The zero-order valence-corrected chi connectivity index (χ0v) is 17.3. The normalized spacial score (nSPS) is 11.0. The van der Waals surface area contributed by atoms with Crippen LogP contribution in [0.1, 0.15) is 0 Å². The van der Waals surface area contributed by atoms with Crippen molar-refractivity contribution in [3.63, 3.8) is 0 Å². The number of hydrogen-bond donors (Lipinski definition) is 2. The molecule has 0 fully saturated rings. The van der Waals surface area contributed by atoms with Crippen molar-refractivity contribution in [1.29, 1.82) is 0 Å². The minimum absolute atomic E-state index is 0. The summed E-state index contributed by atoms with van der Waals surface area (Å²) in [6, 6.07) is 16.5. The molecule has 5 nitrogen and oxygen atoms in total. The Kier molecular flexibility index (Phi) is 4.55. The highest BCUT2D eigenvalue weighted by molar-refractivity contribution is 8.93. The van der Waals surface area contributed by atoms with E-state index in [4.69, 9.17) is 16.5 Å². The molecule has 0 saturated carbocycles. The first-order valence-corrected chi connectivity index (χ1v) is 9.66. The number of hydrogen-bond acceptors (Lipinski definition) is 7. The fraction of sp³-hybridized carbons (Fsp3) is 0. The van der Waals surface area contributed by atoms with Gasteiger partial charge in [0.2, 0.25) is 5.95 Å². The van der Waals surface area contributed by atoms with E-state index >= 15 is 0 Å². The second kappa shape index (κ2) is 6.88. The smallest absolute Gasteiger partial charge is 0.222 e. The van der Waals surface area contributed by atoms with Gasteiger partial charge < -0.3 is 11.5 Å². The SMILES string of the molecule is Br.Nc1nc(N)c2sc3nc(-c4cccs4)cc(-c4ccccc4)c3c2n1. The molecule has 1 aromatic carbocycles. The number of anilines is 2. The molecule has 0 saturated heterocycles. The number of pyridine rings is 1. The fourth-order valence-corrected chi connectivity index (χ4v) is 4.80. The van der Waals surface area contributed by atoms with Crippen LogP contribution in [0.25, 0.3) is 42.1 Å². The van der Waals surface area contributed by atoms with Crippen LogP contribution in [0.3, 0.4) is 0 Å². The summed E-state index contributed by atoms with van der Waals surface area (Å²) in [7, 11) is 0. The zero-order valence-electron chi connectivity index (χ0n) is 13.9. The molecule has 27 heavy (non-hydrogen) atoms. The minimum atomic E-state index is 0. The molecule has 0 amide bonds. The topological polar surface area (TPSA) is 90.7 Å². The second-order valence-electron chi connectivity index (χ2n) is 5.83. The molecular formula is C19H14BrN5S2. The zero-order chi connectivity index (χ0) is 17.7. The van der Waals surface area contributed by atoms with Gasteiger partial charge in [-0.25, -0.2) is 9.97 Å². The third-order valence-corrected chi connectivity index (χ3v) is 6.18. The molecule has 0 unspecified atom stereocenters. The van der Waals surface area contributed by atoms with E-state index in [9.17, 15) is 0 Å². The molecule has 8 heteroatoms. The molecule has 0 atom stereocenters. The van der Waals surface area contributed by atoms with Crippen molar-refractivity contribution in [2.75, 3.05) is 11.5 Å². The average molecular weight is 456 g/mol. The van der Waals surface area contributed by atoms with Crippen LogP contribution >= 0.6 is 39.7 Å². The Morgan fingerprint density at radius 2 is 1.70 bits per heavy atom. The lowest BCUT2D eigenvalue weighted by molar-refractivity contribution is 1.26. The number of aromatic nitrogens is 3. The van der Waals surface area contributed by atoms with Crippen molar-refractivity contribution in [2.45, 2.75) is 0 Å². The van der Waals surface area contributed by atoms with Gasteiger partial charge in [-0.2, -0.15) is 4.98 Å². The summed E-state index contributed by atoms with van der Waals surface area (Å²) in [5, 5.41) is 3.02. The van der Waals surface area contributed by atoms with E-state index in [0.717, 1.165) is 42.1 Å². The Morgan fingerprint density at radius 1 is 0.889 bits per heavy atom. The van der Waals surface area contributed by atoms with Gasteiger partial charge in [0.15, 0.2) is 0 Å². The Hall–Kier alpha value is -2.55. The number of benzene rings is 1. The molecule has 0 aliphatic rings. The summed E-state index contributed by atoms with van der Waals surface area (Å²) in [6.07, 6.45) is 0. The predicted molar refractivity (Wildman–Crippen MR) is 121 cm³/mol. The average Bonchev–Trinajstić information content (AvgIpc) is 3.30. The maximum Gasteiger partial charge on any atom is 0.222 e. The summed E-state index contributed by atoms with van der Waals surface area (Å²) in [5.74, 6) is 0.572. The van der Waals surface area contributed by atoms with Crippen molar-refractivity contribution >= 4 is 71.9 Å². The number of rotatable bonds is 2. The van der Waals surface area contributed by atoms with Crippen LogP contribution < -0.4 is 11.5 Å². The van der Waals surface area contributed by atoms with Crippen LogP contribution in [0, 0.1) is 0 Å². The fourth-order valence-electron chi connectivity index (χ4n) is 3.07. The molecule has 4 aromatic heterocycles. The first-order chi connectivity index (χ1) is 12.7. The van der Waals surface area contributed by atoms with E-state index in [1.54, 1.807) is 11.3 Å². The lowest BCUT2D eigenvalue weighted by Gasteiger charge is -2.07. The Morgan fingerprint density at radius 3 is 2.44 bits per heavy atom. The van der Waals surface area contributed by atoms with Gasteiger partial charge in [-0.15, -0.1) is 39.7 Å². The molecule has 4 heterocycles. The molecular weight excluding hydrogens is 442 g/mol. The monoisotopic (exact) mass is 455 g/mol. The van der Waals surface area contributed by atoms with E-state index in [0.29, 0.717) is 5.82 Å². The molecule has 0 aliphatic heterocycles. The Bertz CT molecular complexity index is 1250. The Balaban J connectivity index is 0.00000180. The van der Waals surface area contributed by atoms with E-state index in [-0.39, 0.29) is 22.9 Å². The largest absolute Gasteiger partial charge is 0.382 e. The molecule has 0 bridgehead atoms. The van der Waals surface area contributed by atoms with Crippen LogP contribution in [0.4, 0.5) is 11.8 Å². The summed E-state index contributed by atoms with van der Waals surface area (Å²) in [4.78, 5) is 15.5. The first-order valence-electron chi connectivity index (χ1n) is 7.96. The molecule has 5 aromatic rings. The molecule has 134 valence electrons. The quantitative estimate of drug-likeness (QED) is 0.372. The van der Waals surface area contributed by atoms with E-state index < -0.39 is 0 Å². The van der Waals surface area contributed by atoms with Crippen LogP contribution in [0.2, 0.25) is 0 Å². The van der Waals surface area contributed by atoms with Gasteiger partial charge in [-0.3, -0.25) is 0 Å². The third-order valence-electron chi connectivity index (χ3n) is 4.19. The maximum atomic E-state index is 6.10. The third kappa shape index (κ3) is 2.95. The standard InChI is InChI=1S/C19H13N5S2.BrH/c20-17-16-15(23-19(21)24-17)14-11(10-5-2-1-3-6-10)9-12(22-18(14)26-16)13-7-4-8-25-13;/h1-9H,(H4,20,21,23,24);1H. The number of thiophene rings is 2. The van der Waals surface area contributed by atoms with E-state index in [1.807, 2.05) is 24.3 Å². The minimum Gasteiger partial charge on any atom is -0.382 e. The van der Waals surface area contributed by atoms with Crippen LogP contribution in [0.5, 0.6) is 0 Å². The van der Waals surface area contributed by atoms with Gasteiger partial charge in [-0.1, -0.05) is 36.4 Å². The van der Waals surface area contributed by atoms with Gasteiger partial charge in [0.05, 0.1) is 20.8 Å². The summed E-state index contributed by atoms with van der Waals surface area (Å²) < 4.78 is 0.821. The highest BCUT2D eigenvalue weighted by Crippen LogP contribution is 2.42. The Labute approximate surface area is 173 Å². The summed E-state index contributed by atoms with van der Waals surface area (Å²) >= 11 is 3.18. The highest BCUT2D eigenvalue weighted by Gasteiger charge is 2.18. The van der Waals surface area contributed by atoms with E-state index in [2.05, 4.69) is 39.6 Å². The number of nitrogen functional groups attached to an aromatic ring is 2. The van der Waals surface area contributed by atoms with Gasteiger partial charge in [-0.05, 0) is 28.6 Å². The van der Waals surface area contributed by atoms with Crippen molar-refractivity contribution in [3.05, 3.63) is 53.9 Å².